The van der Waals surface area contributed by atoms with Crippen molar-refractivity contribution in [2.75, 3.05) is 39.8 Å². The quantitative estimate of drug-likeness (QED) is 0.511. The minimum Gasteiger partial charge on any atom is -0.388 e. The number of morpholine rings is 1. The lowest BCUT2D eigenvalue weighted by molar-refractivity contribution is -0.0364. The third-order valence-corrected chi connectivity index (χ3v) is 3.51. The maximum Gasteiger partial charge on any atom is 0.0918 e. The molecule has 1 saturated carbocycles. The maximum absolute atomic E-state index is 7.31. The summed E-state index contributed by atoms with van der Waals surface area (Å²) in [6.45, 7) is 4.79. The first-order valence-corrected chi connectivity index (χ1v) is 6.52. The van der Waals surface area contributed by atoms with Gasteiger partial charge in [-0.1, -0.05) is 0 Å². The minimum absolute atomic E-state index is 0.289. The van der Waals surface area contributed by atoms with Crippen LogP contribution in [-0.2, 0) is 4.74 Å². The van der Waals surface area contributed by atoms with Gasteiger partial charge in [0.15, 0.2) is 0 Å². The summed E-state index contributed by atoms with van der Waals surface area (Å²) in [7, 11) is 2.15. The molecule has 1 heterocycles. The molecular weight excluding hydrogens is 216 g/mol. The molecule has 1 aliphatic heterocycles. The molecule has 1 unspecified atom stereocenters. The van der Waals surface area contributed by atoms with Gasteiger partial charge < -0.3 is 15.4 Å². The molecule has 0 amide bonds. The van der Waals surface area contributed by atoms with Crippen molar-refractivity contribution in [2.24, 2.45) is 5.73 Å². The molecule has 1 aliphatic carbocycles. The summed E-state index contributed by atoms with van der Waals surface area (Å²) in [4.78, 5) is 4.77. The van der Waals surface area contributed by atoms with Crippen LogP contribution < -0.4 is 5.73 Å². The van der Waals surface area contributed by atoms with Gasteiger partial charge in [-0.25, -0.2) is 0 Å². The molecule has 0 radical (unpaired) electrons. The van der Waals surface area contributed by atoms with Crippen LogP contribution in [0.25, 0.3) is 0 Å². The van der Waals surface area contributed by atoms with Gasteiger partial charge in [-0.3, -0.25) is 10.3 Å². The van der Waals surface area contributed by atoms with Crippen LogP contribution in [0.5, 0.6) is 0 Å². The van der Waals surface area contributed by atoms with E-state index in [1.54, 1.807) is 0 Å². The van der Waals surface area contributed by atoms with E-state index in [0.717, 1.165) is 32.8 Å². The van der Waals surface area contributed by atoms with Crippen LogP contribution in [0.4, 0.5) is 0 Å². The van der Waals surface area contributed by atoms with E-state index in [0.29, 0.717) is 18.6 Å². The summed E-state index contributed by atoms with van der Waals surface area (Å²) < 4.78 is 5.80. The zero-order valence-corrected chi connectivity index (χ0v) is 10.7. The molecule has 0 aromatic heterocycles. The van der Waals surface area contributed by atoms with E-state index >= 15 is 0 Å². The zero-order chi connectivity index (χ0) is 12.3. The highest BCUT2D eigenvalue weighted by atomic mass is 16.5. The van der Waals surface area contributed by atoms with E-state index in [1.807, 2.05) is 0 Å². The number of nitrogens with two attached hydrogens (primary N) is 1. The number of hydrogen-bond acceptors (Lipinski definition) is 4. The number of ether oxygens (including phenoxy) is 1. The predicted molar refractivity (Wildman–Crippen MR) is 68.4 cm³/mol. The smallest absolute Gasteiger partial charge is 0.0918 e. The molecular formula is C12H24N4O. The van der Waals surface area contributed by atoms with Crippen molar-refractivity contribution in [1.29, 1.82) is 5.41 Å². The van der Waals surface area contributed by atoms with Gasteiger partial charge in [-0.2, -0.15) is 0 Å². The van der Waals surface area contributed by atoms with Crippen molar-refractivity contribution in [2.45, 2.75) is 31.4 Å². The second-order valence-corrected chi connectivity index (χ2v) is 5.26. The van der Waals surface area contributed by atoms with Gasteiger partial charge in [0.05, 0.1) is 18.5 Å². The first kappa shape index (κ1) is 12.8. The Kier molecular flexibility index (Phi) is 4.36. The van der Waals surface area contributed by atoms with Crippen LogP contribution in [-0.4, -0.2) is 67.6 Å². The fraction of sp³-hybridized carbons (Fsp3) is 0.917. The van der Waals surface area contributed by atoms with Crippen molar-refractivity contribution in [3.05, 3.63) is 0 Å². The molecule has 1 atom stereocenters. The summed E-state index contributed by atoms with van der Waals surface area (Å²) in [5.74, 6) is 0.289. The van der Waals surface area contributed by atoms with Crippen molar-refractivity contribution in [3.63, 3.8) is 0 Å². The van der Waals surface area contributed by atoms with Gasteiger partial charge in [-0.15, -0.1) is 0 Å². The summed E-state index contributed by atoms with van der Waals surface area (Å²) in [5.41, 5.74) is 5.43. The lowest BCUT2D eigenvalue weighted by Crippen LogP contribution is -2.47. The zero-order valence-electron chi connectivity index (χ0n) is 10.7. The standard InChI is InChI=1S/C12H24N4O/c1-15-6-7-17-11(8-15)9-16(10-2-3-10)5-4-12(13)14/h10-11H,2-9H2,1H3,(H3,13,14). The topological polar surface area (TPSA) is 65.6 Å². The average Bonchev–Trinajstić information content (AvgIpc) is 3.07. The molecule has 0 bridgehead atoms. The summed E-state index contributed by atoms with van der Waals surface area (Å²) in [5, 5.41) is 7.31. The number of nitrogens with zero attached hydrogens (tertiary/aromatic N) is 2. The van der Waals surface area contributed by atoms with Crippen LogP contribution in [0.3, 0.4) is 0 Å². The average molecular weight is 240 g/mol. The van der Waals surface area contributed by atoms with Crippen LogP contribution in [0, 0.1) is 5.41 Å². The van der Waals surface area contributed by atoms with E-state index in [1.165, 1.54) is 12.8 Å². The fourth-order valence-corrected chi connectivity index (χ4v) is 2.37. The van der Waals surface area contributed by atoms with E-state index in [2.05, 4.69) is 16.8 Å². The number of rotatable bonds is 6. The Bertz CT molecular complexity index is 267. The summed E-state index contributed by atoms with van der Waals surface area (Å²) in [6.07, 6.45) is 3.58. The largest absolute Gasteiger partial charge is 0.388 e. The van der Waals surface area contributed by atoms with Gasteiger partial charge >= 0.3 is 0 Å². The number of hydrogen-bond donors (Lipinski definition) is 2. The number of likely N-dealkylation sites (N-methyl/N-ethyl adjacent to an activating group) is 1. The Morgan fingerprint density at radius 2 is 2.29 bits per heavy atom. The molecule has 0 aromatic rings. The highest BCUT2D eigenvalue weighted by Crippen LogP contribution is 2.27. The van der Waals surface area contributed by atoms with Crippen LogP contribution in [0.1, 0.15) is 19.3 Å². The first-order valence-electron chi connectivity index (χ1n) is 6.52. The minimum atomic E-state index is 0.289. The lowest BCUT2D eigenvalue weighted by atomic mass is 10.2. The normalized spacial score (nSPS) is 26.4. The predicted octanol–water partition coefficient (Wildman–Crippen LogP) is 0.107. The summed E-state index contributed by atoms with van der Waals surface area (Å²) >= 11 is 0. The SMILES string of the molecule is CN1CCOC(CN(CCC(=N)N)C2CC2)C1. The van der Waals surface area contributed by atoms with Crippen molar-refractivity contribution in [1.82, 2.24) is 9.80 Å². The molecule has 0 spiro atoms. The Hall–Kier alpha value is -0.650. The van der Waals surface area contributed by atoms with E-state index < -0.39 is 0 Å². The van der Waals surface area contributed by atoms with Crippen LogP contribution >= 0.6 is 0 Å². The Balaban J connectivity index is 1.77. The monoisotopic (exact) mass is 240 g/mol. The molecule has 5 nitrogen and oxygen atoms in total. The molecule has 2 aliphatic rings. The van der Waals surface area contributed by atoms with Gasteiger partial charge in [0, 0.05) is 38.6 Å². The lowest BCUT2D eigenvalue weighted by Gasteiger charge is -2.34. The van der Waals surface area contributed by atoms with Crippen molar-refractivity contribution in [3.8, 4) is 0 Å². The Morgan fingerprint density at radius 3 is 2.88 bits per heavy atom. The van der Waals surface area contributed by atoms with E-state index in [4.69, 9.17) is 15.9 Å². The molecule has 1 saturated heterocycles. The molecule has 3 N–H and O–H groups in total. The van der Waals surface area contributed by atoms with E-state index in [-0.39, 0.29) is 5.84 Å². The molecule has 98 valence electrons. The molecule has 5 heteroatoms. The molecule has 2 fully saturated rings. The van der Waals surface area contributed by atoms with Gasteiger partial charge in [0.25, 0.3) is 0 Å². The van der Waals surface area contributed by atoms with Gasteiger partial charge in [0.1, 0.15) is 0 Å². The Labute approximate surface area is 103 Å². The van der Waals surface area contributed by atoms with Crippen molar-refractivity contribution >= 4 is 5.84 Å². The summed E-state index contributed by atoms with van der Waals surface area (Å²) in [6, 6.07) is 0.713. The van der Waals surface area contributed by atoms with Crippen molar-refractivity contribution < 1.29 is 4.74 Å². The third kappa shape index (κ3) is 4.26. The van der Waals surface area contributed by atoms with Gasteiger partial charge in [0.2, 0.25) is 0 Å². The first-order chi connectivity index (χ1) is 8.15. The maximum atomic E-state index is 7.31. The molecule has 2 rings (SSSR count). The highest BCUT2D eigenvalue weighted by Gasteiger charge is 2.31. The van der Waals surface area contributed by atoms with Crippen LogP contribution in [0.2, 0.25) is 0 Å². The molecule has 17 heavy (non-hydrogen) atoms. The second kappa shape index (κ2) is 5.80. The highest BCUT2D eigenvalue weighted by molar-refractivity contribution is 5.76. The second-order valence-electron chi connectivity index (χ2n) is 5.26. The Morgan fingerprint density at radius 1 is 1.53 bits per heavy atom. The number of nitrogens with one attached hydrogen (secondary N) is 1. The third-order valence-electron chi connectivity index (χ3n) is 3.51. The number of amidine groups is 1. The van der Waals surface area contributed by atoms with Crippen LogP contribution in [0.15, 0.2) is 0 Å². The van der Waals surface area contributed by atoms with Gasteiger partial charge in [-0.05, 0) is 19.9 Å². The fourth-order valence-electron chi connectivity index (χ4n) is 2.37. The van der Waals surface area contributed by atoms with E-state index in [9.17, 15) is 0 Å². The molecule has 0 aromatic carbocycles.